The molecule has 1 amide bonds. The number of fused-ring (bicyclic) bond motifs is 1. The number of imidazole rings is 1. The quantitative estimate of drug-likeness (QED) is 0.517. The van der Waals surface area contributed by atoms with Crippen LogP contribution in [0.3, 0.4) is 0 Å². The Morgan fingerprint density at radius 2 is 1.57 bits per heavy atom. The molecule has 2 aromatic heterocycles. The molecular formula is C23H21N3O3S. The van der Waals surface area contributed by atoms with Crippen molar-refractivity contribution in [2.45, 2.75) is 29.7 Å². The van der Waals surface area contributed by atoms with Gasteiger partial charge in [0, 0.05) is 25.1 Å². The van der Waals surface area contributed by atoms with Gasteiger partial charge in [-0.3, -0.25) is 4.79 Å². The van der Waals surface area contributed by atoms with Gasteiger partial charge in [-0.25, -0.2) is 13.4 Å². The SMILES string of the molecule is CCc1ccc(S(=O)(=O)c2ccc(CNC(=O)c3ccc4nccn4c3)cc2)cc1. The molecule has 6 nitrogen and oxygen atoms in total. The summed E-state index contributed by atoms with van der Waals surface area (Å²) in [7, 11) is -3.57. The van der Waals surface area contributed by atoms with Gasteiger partial charge in [-0.1, -0.05) is 31.2 Å². The number of amides is 1. The number of rotatable bonds is 6. The van der Waals surface area contributed by atoms with Crippen LogP contribution >= 0.6 is 0 Å². The first kappa shape index (κ1) is 19.8. The number of pyridine rings is 1. The zero-order valence-electron chi connectivity index (χ0n) is 16.4. The lowest BCUT2D eigenvalue weighted by Crippen LogP contribution is -2.23. The predicted octanol–water partition coefficient (Wildman–Crippen LogP) is 3.66. The molecule has 0 aliphatic carbocycles. The van der Waals surface area contributed by atoms with Gasteiger partial charge in [-0.2, -0.15) is 0 Å². The standard InChI is InChI=1S/C23H21N3O3S/c1-2-17-3-8-20(9-4-17)30(28,29)21-10-5-18(6-11-21)15-25-23(27)19-7-12-22-24-13-14-26(22)16-19/h3-14,16H,2,15H2,1H3,(H,25,27). The Morgan fingerprint density at radius 1 is 0.933 bits per heavy atom. The van der Waals surface area contributed by atoms with Gasteiger partial charge >= 0.3 is 0 Å². The molecule has 0 aliphatic rings. The van der Waals surface area contributed by atoms with Crippen LogP contribution in [0.1, 0.15) is 28.4 Å². The second-order valence-electron chi connectivity index (χ2n) is 6.94. The van der Waals surface area contributed by atoms with Crippen LogP contribution < -0.4 is 5.32 Å². The monoisotopic (exact) mass is 419 g/mol. The first-order valence-electron chi connectivity index (χ1n) is 9.61. The van der Waals surface area contributed by atoms with Crippen molar-refractivity contribution in [3.05, 3.63) is 95.9 Å². The summed E-state index contributed by atoms with van der Waals surface area (Å²) in [5.41, 5.74) is 3.20. The maximum absolute atomic E-state index is 12.8. The van der Waals surface area contributed by atoms with E-state index in [0.717, 1.165) is 23.2 Å². The molecule has 152 valence electrons. The fourth-order valence-electron chi connectivity index (χ4n) is 3.17. The average Bonchev–Trinajstić information content (AvgIpc) is 3.25. The number of hydrogen-bond acceptors (Lipinski definition) is 4. The molecular weight excluding hydrogens is 398 g/mol. The summed E-state index contributed by atoms with van der Waals surface area (Å²) in [6.07, 6.45) is 6.03. The van der Waals surface area contributed by atoms with Gasteiger partial charge in [0.2, 0.25) is 9.84 Å². The lowest BCUT2D eigenvalue weighted by molar-refractivity contribution is 0.0950. The van der Waals surface area contributed by atoms with E-state index in [1.54, 1.807) is 71.5 Å². The van der Waals surface area contributed by atoms with E-state index in [-0.39, 0.29) is 15.7 Å². The van der Waals surface area contributed by atoms with Crippen LogP contribution in [0, 0.1) is 0 Å². The summed E-state index contributed by atoms with van der Waals surface area (Å²) in [6.45, 7) is 2.32. The third kappa shape index (κ3) is 3.97. The van der Waals surface area contributed by atoms with E-state index in [4.69, 9.17) is 0 Å². The number of aryl methyl sites for hydroxylation is 1. The smallest absolute Gasteiger partial charge is 0.253 e. The molecule has 0 bridgehead atoms. The lowest BCUT2D eigenvalue weighted by atomic mass is 10.2. The number of benzene rings is 2. The van der Waals surface area contributed by atoms with Crippen molar-refractivity contribution in [2.24, 2.45) is 0 Å². The lowest BCUT2D eigenvalue weighted by Gasteiger charge is -2.08. The molecule has 0 fully saturated rings. The highest BCUT2D eigenvalue weighted by Gasteiger charge is 2.17. The minimum absolute atomic E-state index is 0.210. The van der Waals surface area contributed by atoms with E-state index in [1.807, 2.05) is 19.1 Å². The minimum atomic E-state index is -3.57. The van der Waals surface area contributed by atoms with E-state index < -0.39 is 9.84 Å². The molecule has 0 saturated carbocycles. The number of nitrogens with one attached hydrogen (secondary N) is 1. The van der Waals surface area contributed by atoms with Crippen LogP contribution in [0.2, 0.25) is 0 Å². The number of sulfone groups is 1. The molecule has 0 spiro atoms. The van der Waals surface area contributed by atoms with E-state index in [0.29, 0.717) is 12.1 Å². The van der Waals surface area contributed by atoms with Gasteiger partial charge in [0.05, 0.1) is 15.4 Å². The second-order valence-corrected chi connectivity index (χ2v) is 8.89. The Hall–Kier alpha value is -3.45. The average molecular weight is 420 g/mol. The molecule has 4 aromatic rings. The van der Waals surface area contributed by atoms with Crippen molar-refractivity contribution < 1.29 is 13.2 Å². The molecule has 0 radical (unpaired) electrons. The van der Waals surface area contributed by atoms with E-state index >= 15 is 0 Å². The van der Waals surface area contributed by atoms with Crippen LogP contribution in [-0.4, -0.2) is 23.7 Å². The summed E-state index contributed by atoms with van der Waals surface area (Å²) in [5, 5.41) is 2.85. The van der Waals surface area contributed by atoms with Gasteiger partial charge in [-0.05, 0) is 53.9 Å². The van der Waals surface area contributed by atoms with Crippen LogP contribution in [0.4, 0.5) is 0 Å². The normalized spacial score (nSPS) is 11.5. The predicted molar refractivity (Wildman–Crippen MR) is 114 cm³/mol. The van der Waals surface area contributed by atoms with Crippen molar-refractivity contribution in [2.75, 3.05) is 0 Å². The molecule has 1 N–H and O–H groups in total. The Kier molecular flexibility index (Phi) is 5.37. The van der Waals surface area contributed by atoms with Gasteiger partial charge in [0.1, 0.15) is 5.65 Å². The summed E-state index contributed by atoms with van der Waals surface area (Å²) >= 11 is 0. The van der Waals surface area contributed by atoms with Crippen molar-refractivity contribution in [1.29, 1.82) is 0 Å². The topological polar surface area (TPSA) is 80.5 Å². The highest BCUT2D eigenvalue weighted by molar-refractivity contribution is 7.91. The van der Waals surface area contributed by atoms with Crippen molar-refractivity contribution >= 4 is 21.4 Å². The van der Waals surface area contributed by atoms with Gasteiger partial charge in [0.25, 0.3) is 5.91 Å². The summed E-state index contributed by atoms with van der Waals surface area (Å²) in [6, 6.07) is 17.0. The first-order valence-corrected chi connectivity index (χ1v) is 11.1. The molecule has 0 unspecified atom stereocenters. The van der Waals surface area contributed by atoms with Crippen LogP contribution in [0.15, 0.2) is 89.0 Å². The maximum Gasteiger partial charge on any atom is 0.253 e. The molecule has 2 aromatic carbocycles. The highest BCUT2D eigenvalue weighted by Crippen LogP contribution is 2.22. The summed E-state index contributed by atoms with van der Waals surface area (Å²) in [5.74, 6) is -0.210. The number of carbonyl (C=O) groups is 1. The molecule has 0 saturated heterocycles. The summed E-state index contributed by atoms with van der Waals surface area (Å²) < 4.78 is 27.4. The Balaban J connectivity index is 1.44. The molecule has 7 heteroatoms. The highest BCUT2D eigenvalue weighted by atomic mass is 32.2. The largest absolute Gasteiger partial charge is 0.348 e. The van der Waals surface area contributed by atoms with Gasteiger partial charge in [-0.15, -0.1) is 0 Å². The number of hydrogen-bond donors (Lipinski definition) is 1. The summed E-state index contributed by atoms with van der Waals surface area (Å²) in [4.78, 5) is 17.1. The van der Waals surface area contributed by atoms with Crippen molar-refractivity contribution in [1.82, 2.24) is 14.7 Å². The fourth-order valence-corrected chi connectivity index (χ4v) is 4.43. The van der Waals surface area contributed by atoms with Crippen molar-refractivity contribution in [3.63, 3.8) is 0 Å². The van der Waals surface area contributed by atoms with Gasteiger partial charge < -0.3 is 9.72 Å². The van der Waals surface area contributed by atoms with E-state index in [9.17, 15) is 13.2 Å². The van der Waals surface area contributed by atoms with E-state index in [2.05, 4.69) is 10.3 Å². The molecule has 0 aliphatic heterocycles. The molecule has 30 heavy (non-hydrogen) atoms. The zero-order chi connectivity index (χ0) is 21.1. The Bertz CT molecular complexity index is 1290. The number of nitrogens with zero attached hydrogens (tertiary/aromatic N) is 2. The van der Waals surface area contributed by atoms with Crippen LogP contribution in [0.5, 0.6) is 0 Å². The fraction of sp³-hybridized carbons (Fsp3) is 0.130. The zero-order valence-corrected chi connectivity index (χ0v) is 17.3. The Labute approximate surface area is 175 Å². The minimum Gasteiger partial charge on any atom is -0.348 e. The van der Waals surface area contributed by atoms with Crippen LogP contribution in [0.25, 0.3) is 5.65 Å². The van der Waals surface area contributed by atoms with Crippen LogP contribution in [-0.2, 0) is 22.8 Å². The molecule has 4 rings (SSSR count). The number of aromatic nitrogens is 2. The maximum atomic E-state index is 12.8. The van der Waals surface area contributed by atoms with Crippen molar-refractivity contribution in [3.8, 4) is 0 Å². The number of carbonyl (C=O) groups excluding carboxylic acids is 1. The Morgan fingerprint density at radius 3 is 2.20 bits per heavy atom. The van der Waals surface area contributed by atoms with E-state index in [1.165, 1.54) is 0 Å². The first-order chi connectivity index (χ1) is 14.5. The second kappa shape index (κ2) is 8.12. The van der Waals surface area contributed by atoms with Gasteiger partial charge in [0.15, 0.2) is 0 Å². The molecule has 2 heterocycles. The third-order valence-corrected chi connectivity index (χ3v) is 6.77. The molecule has 0 atom stereocenters. The third-order valence-electron chi connectivity index (χ3n) is 4.98.